The van der Waals surface area contributed by atoms with Gasteiger partial charge in [-0.2, -0.15) is 0 Å². The minimum atomic E-state index is -4.06. The molecule has 1 fully saturated rings. The lowest BCUT2D eigenvalue weighted by Gasteiger charge is -2.38. The molecule has 3 aromatic rings. The van der Waals surface area contributed by atoms with Crippen molar-refractivity contribution in [2.75, 3.05) is 49.0 Å². The standard InChI is InChI=1S/C27H30ClN3O4S/c1-20-8-7-11-24(21(20)2)29-14-16-30(17-15-29)27(32)19-31(25-18-22(28)12-13-26(25)35-3)36(33,34)23-9-5-4-6-10-23/h4-13,18H,14-17,19H2,1-3H3. The average molecular weight is 528 g/mol. The molecular weight excluding hydrogens is 498 g/mol. The first-order chi connectivity index (χ1) is 17.2. The number of carbonyl (C=O) groups is 1. The lowest BCUT2D eigenvalue weighted by Crippen LogP contribution is -2.52. The van der Waals surface area contributed by atoms with Crippen LogP contribution in [-0.2, 0) is 14.8 Å². The van der Waals surface area contributed by atoms with E-state index in [1.807, 2.05) is 6.07 Å². The lowest BCUT2D eigenvalue weighted by molar-refractivity contribution is -0.129. The number of aryl methyl sites for hydroxylation is 1. The summed E-state index contributed by atoms with van der Waals surface area (Å²) >= 11 is 6.22. The molecule has 1 saturated heterocycles. The summed E-state index contributed by atoms with van der Waals surface area (Å²) in [4.78, 5) is 17.5. The molecule has 0 aliphatic carbocycles. The smallest absolute Gasteiger partial charge is 0.264 e. The van der Waals surface area contributed by atoms with Crippen LogP contribution in [0.2, 0.25) is 5.02 Å². The van der Waals surface area contributed by atoms with E-state index in [-0.39, 0.29) is 23.0 Å². The van der Waals surface area contributed by atoms with Crippen LogP contribution in [0.15, 0.2) is 71.6 Å². The van der Waals surface area contributed by atoms with Gasteiger partial charge in [0, 0.05) is 36.9 Å². The van der Waals surface area contributed by atoms with Crippen LogP contribution in [0.25, 0.3) is 0 Å². The molecule has 0 unspecified atom stereocenters. The first-order valence-electron chi connectivity index (χ1n) is 11.7. The molecule has 0 N–H and O–H groups in total. The van der Waals surface area contributed by atoms with Gasteiger partial charge in [-0.3, -0.25) is 9.10 Å². The third-order valence-electron chi connectivity index (χ3n) is 6.57. The number of anilines is 2. The largest absolute Gasteiger partial charge is 0.495 e. The van der Waals surface area contributed by atoms with Crippen molar-refractivity contribution < 1.29 is 17.9 Å². The Morgan fingerprint density at radius 2 is 1.67 bits per heavy atom. The highest BCUT2D eigenvalue weighted by molar-refractivity contribution is 7.92. The Morgan fingerprint density at radius 1 is 0.972 bits per heavy atom. The van der Waals surface area contributed by atoms with E-state index in [1.165, 1.54) is 42.1 Å². The van der Waals surface area contributed by atoms with Crippen molar-refractivity contribution in [3.63, 3.8) is 0 Å². The summed E-state index contributed by atoms with van der Waals surface area (Å²) < 4.78 is 33.9. The number of benzene rings is 3. The van der Waals surface area contributed by atoms with Crippen LogP contribution in [0, 0.1) is 13.8 Å². The molecule has 3 aromatic carbocycles. The number of nitrogens with zero attached hydrogens (tertiary/aromatic N) is 3. The van der Waals surface area contributed by atoms with Gasteiger partial charge in [0.2, 0.25) is 5.91 Å². The van der Waals surface area contributed by atoms with Crippen LogP contribution in [0.1, 0.15) is 11.1 Å². The van der Waals surface area contributed by atoms with Gasteiger partial charge in [0.05, 0.1) is 17.7 Å². The lowest BCUT2D eigenvalue weighted by atomic mass is 10.1. The maximum atomic E-state index is 13.7. The first-order valence-corrected chi connectivity index (χ1v) is 13.5. The number of halogens is 1. The minimum Gasteiger partial charge on any atom is -0.495 e. The van der Waals surface area contributed by atoms with Gasteiger partial charge in [-0.15, -0.1) is 0 Å². The molecule has 0 atom stereocenters. The number of carbonyl (C=O) groups excluding carboxylic acids is 1. The van der Waals surface area contributed by atoms with E-state index in [1.54, 1.807) is 35.2 Å². The Bertz CT molecular complexity index is 1340. The zero-order chi connectivity index (χ0) is 25.9. The van der Waals surface area contributed by atoms with Gasteiger partial charge in [-0.05, 0) is 61.4 Å². The number of ether oxygens (including phenoxy) is 1. The highest BCUT2D eigenvalue weighted by Gasteiger charge is 2.32. The van der Waals surface area contributed by atoms with Crippen LogP contribution in [-0.4, -0.2) is 59.1 Å². The molecule has 0 spiro atoms. The quantitative estimate of drug-likeness (QED) is 0.452. The van der Waals surface area contributed by atoms with E-state index < -0.39 is 10.0 Å². The molecule has 0 radical (unpaired) electrons. The van der Waals surface area contributed by atoms with Crippen LogP contribution in [0.5, 0.6) is 5.75 Å². The Kier molecular flexibility index (Phi) is 7.76. The number of hydrogen-bond donors (Lipinski definition) is 0. The van der Waals surface area contributed by atoms with E-state index >= 15 is 0 Å². The SMILES string of the molecule is COc1ccc(Cl)cc1N(CC(=O)N1CCN(c2cccc(C)c2C)CC1)S(=O)(=O)c1ccccc1. The topological polar surface area (TPSA) is 70.2 Å². The van der Waals surface area contributed by atoms with Crippen molar-refractivity contribution >= 4 is 38.9 Å². The summed E-state index contributed by atoms with van der Waals surface area (Å²) in [6, 6.07) is 19.0. The normalized spacial score (nSPS) is 14.0. The predicted molar refractivity (Wildman–Crippen MR) is 144 cm³/mol. The van der Waals surface area contributed by atoms with Crippen LogP contribution >= 0.6 is 11.6 Å². The van der Waals surface area contributed by atoms with Gasteiger partial charge in [-0.25, -0.2) is 8.42 Å². The van der Waals surface area contributed by atoms with Crippen molar-refractivity contribution in [3.05, 3.63) is 82.9 Å². The van der Waals surface area contributed by atoms with Gasteiger partial charge in [-0.1, -0.05) is 41.9 Å². The monoisotopic (exact) mass is 527 g/mol. The van der Waals surface area contributed by atoms with E-state index in [2.05, 4.69) is 30.9 Å². The molecule has 0 bridgehead atoms. The fourth-order valence-electron chi connectivity index (χ4n) is 4.38. The fraction of sp³-hybridized carbons (Fsp3) is 0.296. The zero-order valence-corrected chi connectivity index (χ0v) is 22.2. The second-order valence-electron chi connectivity index (χ2n) is 8.73. The third-order valence-corrected chi connectivity index (χ3v) is 8.58. The summed E-state index contributed by atoms with van der Waals surface area (Å²) in [5, 5.41) is 0.341. The third kappa shape index (κ3) is 5.29. The Morgan fingerprint density at radius 3 is 2.33 bits per heavy atom. The highest BCUT2D eigenvalue weighted by Crippen LogP contribution is 2.35. The minimum absolute atomic E-state index is 0.0829. The zero-order valence-electron chi connectivity index (χ0n) is 20.6. The van der Waals surface area contributed by atoms with E-state index in [9.17, 15) is 13.2 Å². The van der Waals surface area contributed by atoms with Gasteiger partial charge in [0.25, 0.3) is 10.0 Å². The summed E-state index contributed by atoms with van der Waals surface area (Å²) in [7, 11) is -2.61. The molecule has 9 heteroatoms. The molecule has 36 heavy (non-hydrogen) atoms. The highest BCUT2D eigenvalue weighted by atomic mass is 35.5. The van der Waals surface area contributed by atoms with E-state index in [4.69, 9.17) is 16.3 Å². The Labute approximate surface area is 217 Å². The maximum Gasteiger partial charge on any atom is 0.264 e. The molecule has 4 rings (SSSR count). The number of sulfonamides is 1. The molecule has 7 nitrogen and oxygen atoms in total. The van der Waals surface area contributed by atoms with Crippen molar-refractivity contribution in [1.29, 1.82) is 0 Å². The summed E-state index contributed by atoms with van der Waals surface area (Å²) in [6.07, 6.45) is 0. The van der Waals surface area contributed by atoms with Gasteiger partial charge >= 0.3 is 0 Å². The summed E-state index contributed by atoms with van der Waals surface area (Å²) in [5.41, 5.74) is 3.84. The molecule has 1 amide bonds. The van der Waals surface area contributed by atoms with Crippen molar-refractivity contribution in [3.8, 4) is 5.75 Å². The van der Waals surface area contributed by atoms with Crippen LogP contribution in [0.4, 0.5) is 11.4 Å². The number of hydrogen-bond acceptors (Lipinski definition) is 5. The molecular formula is C27H30ClN3O4S. The first kappa shape index (κ1) is 25.9. The van der Waals surface area contributed by atoms with Crippen LogP contribution in [0.3, 0.4) is 0 Å². The van der Waals surface area contributed by atoms with Crippen molar-refractivity contribution in [2.45, 2.75) is 18.7 Å². The summed E-state index contributed by atoms with van der Waals surface area (Å²) in [6.45, 7) is 6.16. The van der Waals surface area contributed by atoms with Crippen molar-refractivity contribution in [2.24, 2.45) is 0 Å². The van der Waals surface area contributed by atoms with E-state index in [0.29, 0.717) is 37.0 Å². The Balaban J connectivity index is 1.59. The van der Waals surface area contributed by atoms with Crippen molar-refractivity contribution in [1.82, 2.24) is 4.90 Å². The van der Waals surface area contributed by atoms with Gasteiger partial charge < -0.3 is 14.5 Å². The molecule has 190 valence electrons. The number of piperazine rings is 1. The van der Waals surface area contributed by atoms with Gasteiger partial charge in [0.1, 0.15) is 12.3 Å². The molecule has 0 aromatic heterocycles. The van der Waals surface area contributed by atoms with Gasteiger partial charge in [0.15, 0.2) is 0 Å². The fourth-order valence-corrected chi connectivity index (χ4v) is 5.98. The molecule has 0 saturated carbocycles. The second kappa shape index (κ2) is 10.8. The summed E-state index contributed by atoms with van der Waals surface area (Å²) in [5.74, 6) is 0.0311. The predicted octanol–water partition coefficient (Wildman–Crippen LogP) is 4.51. The molecule has 1 aliphatic heterocycles. The number of methoxy groups -OCH3 is 1. The maximum absolute atomic E-state index is 13.7. The Hall–Kier alpha value is -3.23. The average Bonchev–Trinajstić information content (AvgIpc) is 2.89. The number of rotatable bonds is 7. The van der Waals surface area contributed by atoms with E-state index in [0.717, 1.165) is 4.31 Å². The van der Waals surface area contributed by atoms with Crippen LogP contribution < -0.4 is 13.9 Å². The number of amides is 1. The second-order valence-corrected chi connectivity index (χ2v) is 11.0. The molecule has 1 heterocycles. The molecule has 1 aliphatic rings.